The predicted octanol–water partition coefficient (Wildman–Crippen LogP) is 16.0. The van der Waals surface area contributed by atoms with E-state index in [0.717, 1.165) is 0 Å². The average Bonchev–Trinajstić information content (AvgIpc) is 3.82. The second-order valence-electron chi connectivity index (χ2n) is 14.3. The fraction of sp³-hybridized carbons (Fsp3) is 0. The lowest BCUT2D eigenvalue weighted by Crippen LogP contribution is -1.91. The average molecular weight is 719 g/mol. The minimum absolute atomic E-state index is 1.23. The van der Waals surface area contributed by atoms with Crippen LogP contribution in [0.1, 0.15) is 0 Å². The molecule has 0 N–H and O–H groups in total. The maximum Gasteiger partial charge on any atom is 0.0440 e. The highest BCUT2D eigenvalue weighted by Crippen LogP contribution is 2.49. The lowest BCUT2D eigenvalue weighted by Gasteiger charge is -2.19. The Morgan fingerprint density at radius 3 is 1.52 bits per heavy atom. The minimum Gasteiger partial charge on any atom is -0.135 e. The zero-order valence-electron chi connectivity index (χ0n) is 29.1. The maximum absolute atomic E-state index is 2.48. The number of hydrogen-bond acceptors (Lipinski definition) is 2. The van der Waals surface area contributed by atoms with Crippen LogP contribution in [-0.4, -0.2) is 0 Å². The largest absolute Gasteiger partial charge is 0.135 e. The van der Waals surface area contributed by atoms with E-state index in [0.29, 0.717) is 0 Å². The van der Waals surface area contributed by atoms with Crippen LogP contribution in [0.5, 0.6) is 0 Å². The monoisotopic (exact) mass is 718 g/mol. The molecule has 0 aliphatic rings. The third-order valence-corrected chi connectivity index (χ3v) is 13.9. The van der Waals surface area contributed by atoms with Gasteiger partial charge in [-0.15, -0.1) is 22.7 Å². The molecule has 0 fully saturated rings. The van der Waals surface area contributed by atoms with Crippen LogP contribution in [0.3, 0.4) is 0 Å². The number of benzene rings is 10. The van der Waals surface area contributed by atoms with Gasteiger partial charge in [0, 0.05) is 51.3 Å². The molecule has 250 valence electrons. The quantitative estimate of drug-likeness (QED) is 0.160. The summed E-state index contributed by atoms with van der Waals surface area (Å²) in [6, 6.07) is 67.7. The first-order valence-electron chi connectivity index (χ1n) is 18.5. The van der Waals surface area contributed by atoms with Crippen LogP contribution in [-0.2, 0) is 0 Å². The van der Waals surface area contributed by atoms with Gasteiger partial charge in [-0.25, -0.2) is 0 Å². The Morgan fingerprint density at radius 1 is 0.278 bits per heavy atom. The summed E-state index contributed by atoms with van der Waals surface area (Å²) in [5, 5.41) is 15.7. The SMILES string of the molecule is c1ccc2c(-c3c4ccccc4c(-c4ccc(-c5cc6c(ccc7c8ccccc8sc76)c6c5sc5ccccc56)cc4)c4ccccc34)cccc2c1. The molecule has 0 saturated heterocycles. The van der Waals surface area contributed by atoms with Crippen LogP contribution in [0.2, 0.25) is 0 Å². The summed E-state index contributed by atoms with van der Waals surface area (Å²) >= 11 is 3.83. The standard InChI is InChI=1S/C52H30S2/c1-2-14-34-31(12-1)13-11-21-36(34)49-39-18-5-3-16-37(39)48(38-17-4-6-19-40(38)49)33-26-24-32(25-27-33)44-30-45-41(50-43-20-8-10-23-47(43)54-52(44)50)28-29-42-35-15-7-9-22-46(35)53-51(42)45/h1-30H. The van der Waals surface area contributed by atoms with E-state index in [-0.39, 0.29) is 0 Å². The summed E-state index contributed by atoms with van der Waals surface area (Å²) in [5.41, 5.74) is 7.64. The van der Waals surface area contributed by atoms with Gasteiger partial charge in [0.1, 0.15) is 0 Å². The summed E-state index contributed by atoms with van der Waals surface area (Å²) in [4.78, 5) is 0. The van der Waals surface area contributed by atoms with Crippen LogP contribution >= 0.6 is 22.7 Å². The fourth-order valence-electron chi connectivity index (χ4n) is 9.09. The normalized spacial score (nSPS) is 12.1. The first-order valence-corrected chi connectivity index (χ1v) is 20.1. The van der Waals surface area contributed by atoms with Gasteiger partial charge >= 0.3 is 0 Å². The van der Waals surface area contributed by atoms with Gasteiger partial charge in [0.2, 0.25) is 0 Å². The van der Waals surface area contributed by atoms with Crippen molar-refractivity contribution in [1.82, 2.24) is 0 Å². The van der Waals surface area contributed by atoms with Crippen molar-refractivity contribution in [3.05, 3.63) is 182 Å². The van der Waals surface area contributed by atoms with Gasteiger partial charge in [0.15, 0.2) is 0 Å². The lowest BCUT2D eigenvalue weighted by atomic mass is 9.84. The van der Waals surface area contributed by atoms with E-state index in [1.165, 1.54) is 117 Å². The molecule has 2 aromatic heterocycles. The van der Waals surface area contributed by atoms with Crippen LogP contribution in [0.25, 0.3) is 117 Å². The Morgan fingerprint density at radius 2 is 0.796 bits per heavy atom. The van der Waals surface area contributed by atoms with Gasteiger partial charge in [0.05, 0.1) is 0 Å². The molecule has 2 heteroatoms. The molecule has 0 atom stereocenters. The molecule has 0 aliphatic heterocycles. The highest BCUT2D eigenvalue weighted by molar-refractivity contribution is 7.27. The van der Waals surface area contributed by atoms with E-state index in [9.17, 15) is 0 Å². The molecule has 0 unspecified atom stereocenters. The molecule has 0 saturated carbocycles. The molecule has 0 aliphatic carbocycles. The van der Waals surface area contributed by atoms with Crippen LogP contribution in [0, 0.1) is 0 Å². The Hall–Kier alpha value is -6.32. The molecule has 0 amide bonds. The summed E-state index contributed by atoms with van der Waals surface area (Å²) < 4.78 is 5.39. The number of rotatable bonds is 3. The Balaban J connectivity index is 1.10. The molecule has 0 spiro atoms. The second-order valence-corrected chi connectivity index (χ2v) is 16.4. The van der Waals surface area contributed by atoms with E-state index in [4.69, 9.17) is 0 Å². The Kier molecular flexibility index (Phi) is 6.48. The van der Waals surface area contributed by atoms with Crippen molar-refractivity contribution in [2.45, 2.75) is 0 Å². The zero-order chi connectivity index (χ0) is 35.3. The third kappa shape index (κ3) is 4.30. The lowest BCUT2D eigenvalue weighted by molar-refractivity contribution is 1.65. The Bertz CT molecular complexity index is 3430. The predicted molar refractivity (Wildman–Crippen MR) is 239 cm³/mol. The third-order valence-electron chi connectivity index (χ3n) is 11.5. The first kappa shape index (κ1) is 30.2. The Labute approximate surface area is 319 Å². The van der Waals surface area contributed by atoms with Crippen LogP contribution < -0.4 is 0 Å². The smallest absolute Gasteiger partial charge is 0.0440 e. The van der Waals surface area contributed by atoms with E-state index in [1.54, 1.807) is 0 Å². The van der Waals surface area contributed by atoms with Gasteiger partial charge < -0.3 is 0 Å². The fourth-order valence-corrected chi connectivity index (χ4v) is 11.6. The van der Waals surface area contributed by atoms with Crippen molar-refractivity contribution < 1.29 is 0 Å². The van der Waals surface area contributed by atoms with Gasteiger partial charge in [-0.3, -0.25) is 0 Å². The van der Waals surface area contributed by atoms with E-state index in [1.807, 2.05) is 22.7 Å². The van der Waals surface area contributed by atoms with Crippen molar-refractivity contribution in [1.29, 1.82) is 0 Å². The summed E-state index contributed by atoms with van der Waals surface area (Å²) in [5.74, 6) is 0. The second kappa shape index (κ2) is 11.6. The molecule has 12 rings (SSSR count). The van der Waals surface area contributed by atoms with E-state index in [2.05, 4.69) is 182 Å². The van der Waals surface area contributed by atoms with Crippen molar-refractivity contribution in [3.63, 3.8) is 0 Å². The van der Waals surface area contributed by atoms with Gasteiger partial charge in [-0.05, 0) is 83.7 Å². The molecular formula is C52H30S2. The van der Waals surface area contributed by atoms with E-state index >= 15 is 0 Å². The summed E-state index contributed by atoms with van der Waals surface area (Å²) in [6.07, 6.45) is 0. The topological polar surface area (TPSA) is 0 Å². The molecule has 0 nitrogen and oxygen atoms in total. The highest BCUT2D eigenvalue weighted by atomic mass is 32.1. The van der Waals surface area contributed by atoms with Crippen molar-refractivity contribution in [2.24, 2.45) is 0 Å². The van der Waals surface area contributed by atoms with Gasteiger partial charge in [-0.2, -0.15) is 0 Å². The minimum atomic E-state index is 1.23. The first-order chi connectivity index (χ1) is 26.8. The molecule has 54 heavy (non-hydrogen) atoms. The summed E-state index contributed by atoms with van der Waals surface area (Å²) in [6.45, 7) is 0. The van der Waals surface area contributed by atoms with Crippen LogP contribution in [0.15, 0.2) is 182 Å². The van der Waals surface area contributed by atoms with Crippen molar-refractivity contribution in [2.75, 3.05) is 0 Å². The van der Waals surface area contributed by atoms with Gasteiger partial charge in [-0.1, -0.05) is 164 Å². The number of hydrogen-bond donors (Lipinski definition) is 0. The van der Waals surface area contributed by atoms with Crippen molar-refractivity contribution in [3.8, 4) is 33.4 Å². The van der Waals surface area contributed by atoms with Crippen molar-refractivity contribution >= 4 is 106 Å². The molecule has 0 bridgehead atoms. The molecular weight excluding hydrogens is 689 g/mol. The summed E-state index contributed by atoms with van der Waals surface area (Å²) in [7, 11) is 0. The molecule has 2 heterocycles. The number of thiophene rings is 2. The zero-order valence-corrected chi connectivity index (χ0v) is 30.8. The molecule has 10 aromatic carbocycles. The molecule has 0 radical (unpaired) electrons. The molecule has 12 aromatic rings. The maximum atomic E-state index is 2.48. The highest BCUT2D eigenvalue weighted by Gasteiger charge is 2.20. The van der Waals surface area contributed by atoms with E-state index < -0.39 is 0 Å². The van der Waals surface area contributed by atoms with Crippen LogP contribution in [0.4, 0.5) is 0 Å². The number of fused-ring (bicyclic) bond motifs is 12. The van der Waals surface area contributed by atoms with Gasteiger partial charge in [0.25, 0.3) is 0 Å².